The molecule has 0 bridgehead atoms. The molecular weight excluding hydrogens is 460 g/mol. The summed E-state index contributed by atoms with van der Waals surface area (Å²) >= 11 is 5.06. The van der Waals surface area contributed by atoms with Crippen LogP contribution in [0.15, 0.2) is 57.9 Å². The van der Waals surface area contributed by atoms with Crippen molar-refractivity contribution in [1.82, 2.24) is 9.62 Å². The van der Waals surface area contributed by atoms with Crippen LogP contribution in [0, 0.1) is 6.92 Å². The van der Waals surface area contributed by atoms with Crippen molar-refractivity contribution in [2.24, 2.45) is 0 Å². The number of aryl methyl sites for hydroxylation is 1. The Kier molecular flexibility index (Phi) is 8.55. The second kappa shape index (κ2) is 10.4. The van der Waals surface area contributed by atoms with E-state index >= 15 is 0 Å². The number of rotatable bonds is 9. The van der Waals surface area contributed by atoms with E-state index < -0.39 is 16.1 Å². The van der Waals surface area contributed by atoms with Crippen LogP contribution in [0.1, 0.15) is 17.5 Å². The normalized spacial score (nSPS) is 12.6. The Bertz CT molecular complexity index is 902. The van der Waals surface area contributed by atoms with Crippen LogP contribution >= 0.6 is 27.7 Å². The first-order valence-electron chi connectivity index (χ1n) is 8.81. The molecular formula is C20H25BrN2O3S2. The molecule has 2 aromatic rings. The lowest BCUT2D eigenvalue weighted by Crippen LogP contribution is -2.47. The van der Waals surface area contributed by atoms with Crippen LogP contribution in [0.4, 0.5) is 0 Å². The van der Waals surface area contributed by atoms with E-state index in [9.17, 15) is 13.2 Å². The Morgan fingerprint density at radius 2 is 1.82 bits per heavy atom. The summed E-state index contributed by atoms with van der Waals surface area (Å²) in [5.74, 6) is 0.427. The number of halogens is 1. The lowest BCUT2D eigenvalue weighted by molar-refractivity contribution is -0.132. The standard InChI is InChI=1S/C20H25BrN2O3S2/c1-15-8-10-17(11-9-15)28(25,26)22-19(12-13-27-3)20(24)23(2)14-16-6-4-5-7-18(16)21/h4-11,19,22H,12-14H2,1-3H3. The highest BCUT2D eigenvalue weighted by molar-refractivity contribution is 9.10. The second-order valence-electron chi connectivity index (χ2n) is 6.55. The van der Waals surface area contributed by atoms with Crippen LogP contribution in [0.25, 0.3) is 0 Å². The molecule has 0 heterocycles. The van der Waals surface area contributed by atoms with Gasteiger partial charge in [-0.25, -0.2) is 8.42 Å². The van der Waals surface area contributed by atoms with Gasteiger partial charge in [-0.3, -0.25) is 4.79 Å². The van der Waals surface area contributed by atoms with E-state index in [1.165, 1.54) is 0 Å². The van der Waals surface area contributed by atoms with Crippen molar-refractivity contribution in [3.63, 3.8) is 0 Å². The molecule has 0 saturated heterocycles. The van der Waals surface area contributed by atoms with Crippen molar-refractivity contribution in [2.45, 2.75) is 30.8 Å². The molecule has 0 saturated carbocycles. The van der Waals surface area contributed by atoms with E-state index in [2.05, 4.69) is 20.7 Å². The molecule has 2 rings (SSSR count). The number of hydrogen-bond acceptors (Lipinski definition) is 4. The number of carbonyl (C=O) groups is 1. The SMILES string of the molecule is CSCCC(NS(=O)(=O)c1ccc(C)cc1)C(=O)N(C)Cc1ccccc1Br. The Morgan fingerprint density at radius 3 is 2.43 bits per heavy atom. The first-order valence-corrected chi connectivity index (χ1v) is 12.5. The van der Waals surface area contributed by atoms with Crippen molar-refractivity contribution in [3.8, 4) is 0 Å². The smallest absolute Gasteiger partial charge is 0.241 e. The third-order valence-electron chi connectivity index (χ3n) is 4.28. The van der Waals surface area contributed by atoms with Gasteiger partial charge in [0.05, 0.1) is 4.90 Å². The molecule has 0 radical (unpaired) electrons. The molecule has 2 aromatic carbocycles. The zero-order valence-electron chi connectivity index (χ0n) is 16.2. The summed E-state index contributed by atoms with van der Waals surface area (Å²) in [6.45, 7) is 2.29. The summed E-state index contributed by atoms with van der Waals surface area (Å²) in [6.07, 6.45) is 2.35. The maximum absolute atomic E-state index is 13.0. The highest BCUT2D eigenvalue weighted by atomic mass is 79.9. The fourth-order valence-electron chi connectivity index (χ4n) is 2.67. The molecule has 152 valence electrons. The average molecular weight is 485 g/mol. The summed E-state index contributed by atoms with van der Waals surface area (Å²) in [6, 6.07) is 13.4. The maximum atomic E-state index is 13.0. The van der Waals surface area contributed by atoms with Crippen molar-refractivity contribution >= 4 is 43.6 Å². The van der Waals surface area contributed by atoms with Gasteiger partial charge in [0.25, 0.3) is 0 Å². The zero-order valence-corrected chi connectivity index (χ0v) is 19.4. The summed E-state index contributed by atoms with van der Waals surface area (Å²) in [4.78, 5) is 14.7. The lowest BCUT2D eigenvalue weighted by atomic mass is 10.2. The van der Waals surface area contributed by atoms with Gasteiger partial charge in [-0.15, -0.1) is 0 Å². The van der Waals surface area contributed by atoms with Gasteiger partial charge >= 0.3 is 0 Å². The Morgan fingerprint density at radius 1 is 1.18 bits per heavy atom. The highest BCUT2D eigenvalue weighted by Gasteiger charge is 2.28. The first kappa shape index (κ1) is 22.9. The van der Waals surface area contributed by atoms with Gasteiger partial charge in [-0.05, 0) is 49.1 Å². The van der Waals surface area contributed by atoms with Gasteiger partial charge in [-0.1, -0.05) is 51.8 Å². The van der Waals surface area contributed by atoms with Gasteiger partial charge in [0.15, 0.2) is 0 Å². The lowest BCUT2D eigenvalue weighted by Gasteiger charge is -2.25. The number of hydrogen-bond donors (Lipinski definition) is 1. The van der Waals surface area contributed by atoms with E-state index in [0.29, 0.717) is 18.7 Å². The molecule has 1 amide bonds. The number of amides is 1. The predicted octanol–water partition coefficient (Wildman–Crippen LogP) is 3.82. The van der Waals surface area contributed by atoms with E-state index in [4.69, 9.17) is 0 Å². The van der Waals surface area contributed by atoms with Gasteiger partial charge < -0.3 is 4.90 Å². The molecule has 28 heavy (non-hydrogen) atoms. The van der Waals surface area contributed by atoms with Crippen LogP contribution < -0.4 is 4.72 Å². The van der Waals surface area contributed by atoms with Crippen LogP contribution in [-0.4, -0.2) is 44.3 Å². The highest BCUT2D eigenvalue weighted by Crippen LogP contribution is 2.19. The molecule has 0 aromatic heterocycles. The topological polar surface area (TPSA) is 66.5 Å². The first-order chi connectivity index (χ1) is 13.2. The summed E-state index contributed by atoms with van der Waals surface area (Å²) < 4.78 is 29.0. The number of benzene rings is 2. The third-order valence-corrected chi connectivity index (χ3v) is 7.18. The minimum Gasteiger partial charge on any atom is -0.340 e. The number of likely N-dealkylation sites (N-methyl/N-ethyl adjacent to an activating group) is 1. The van der Waals surface area contributed by atoms with E-state index in [1.807, 2.05) is 37.4 Å². The fraction of sp³-hybridized carbons (Fsp3) is 0.350. The molecule has 8 heteroatoms. The van der Waals surface area contributed by atoms with Crippen molar-refractivity contribution in [1.29, 1.82) is 0 Å². The molecule has 1 unspecified atom stereocenters. The number of thioether (sulfide) groups is 1. The van der Waals surface area contributed by atoms with Crippen LogP contribution in [0.5, 0.6) is 0 Å². The molecule has 0 fully saturated rings. The molecule has 0 aliphatic heterocycles. The van der Waals surface area contributed by atoms with Gasteiger partial charge in [-0.2, -0.15) is 16.5 Å². The Hall–Kier alpha value is -1.35. The predicted molar refractivity (Wildman–Crippen MR) is 119 cm³/mol. The number of carbonyl (C=O) groups excluding carboxylic acids is 1. The molecule has 0 spiro atoms. The van der Waals surface area contributed by atoms with E-state index in [0.717, 1.165) is 15.6 Å². The second-order valence-corrected chi connectivity index (χ2v) is 10.1. The van der Waals surface area contributed by atoms with Crippen LogP contribution in [-0.2, 0) is 21.4 Å². The van der Waals surface area contributed by atoms with Gasteiger partial charge in [0.2, 0.25) is 15.9 Å². The average Bonchev–Trinajstić information content (AvgIpc) is 2.66. The molecule has 1 N–H and O–H groups in total. The largest absolute Gasteiger partial charge is 0.340 e. The van der Waals surface area contributed by atoms with Crippen molar-refractivity contribution < 1.29 is 13.2 Å². The van der Waals surface area contributed by atoms with Crippen molar-refractivity contribution in [3.05, 3.63) is 64.1 Å². The number of nitrogens with one attached hydrogen (secondary N) is 1. The molecule has 1 atom stereocenters. The third kappa shape index (κ3) is 6.34. The molecule has 5 nitrogen and oxygen atoms in total. The monoisotopic (exact) mass is 484 g/mol. The van der Waals surface area contributed by atoms with Gasteiger partial charge in [0.1, 0.15) is 6.04 Å². The van der Waals surface area contributed by atoms with Crippen LogP contribution in [0.2, 0.25) is 0 Å². The van der Waals surface area contributed by atoms with Crippen LogP contribution in [0.3, 0.4) is 0 Å². The van der Waals surface area contributed by atoms with Gasteiger partial charge in [0, 0.05) is 18.1 Å². The number of nitrogens with zero attached hydrogens (tertiary/aromatic N) is 1. The maximum Gasteiger partial charge on any atom is 0.241 e. The quantitative estimate of drug-likeness (QED) is 0.587. The Balaban J connectivity index is 2.18. The molecule has 0 aliphatic rings. The number of sulfonamides is 1. The summed E-state index contributed by atoms with van der Waals surface area (Å²) in [7, 11) is -2.09. The Labute approximate surface area is 180 Å². The molecule has 0 aliphatic carbocycles. The minimum atomic E-state index is -3.78. The fourth-order valence-corrected chi connectivity index (χ4v) is 4.77. The summed E-state index contributed by atoms with van der Waals surface area (Å²) in [5, 5.41) is 0. The van der Waals surface area contributed by atoms with E-state index in [1.54, 1.807) is 48.0 Å². The van der Waals surface area contributed by atoms with Crippen molar-refractivity contribution in [2.75, 3.05) is 19.1 Å². The van der Waals surface area contributed by atoms with E-state index in [-0.39, 0.29) is 10.8 Å². The minimum absolute atomic E-state index is 0.161. The summed E-state index contributed by atoms with van der Waals surface area (Å²) in [5.41, 5.74) is 1.94. The zero-order chi connectivity index (χ0) is 20.7.